The molecule has 0 atom stereocenters. The average molecular weight is 250 g/mol. The minimum Gasteiger partial charge on any atom is -0.393 e. The zero-order valence-electron chi connectivity index (χ0n) is 11.1. The standard InChI is InChI=1S/C14H22N2O2/c1-10(2)15-13-4-3-9-16(14(13)18)11-5-7-12(17)8-6-11/h3-4,9-12,15,17H,5-8H2,1-2H3. The summed E-state index contributed by atoms with van der Waals surface area (Å²) < 4.78 is 1.82. The van der Waals surface area contributed by atoms with Gasteiger partial charge >= 0.3 is 0 Å². The predicted octanol–water partition coefficient (Wildman–Crippen LogP) is 2.14. The number of aliphatic hydroxyl groups excluding tert-OH is 1. The molecule has 1 fully saturated rings. The molecule has 0 bridgehead atoms. The number of hydrogen-bond acceptors (Lipinski definition) is 3. The zero-order valence-corrected chi connectivity index (χ0v) is 11.1. The normalized spacial score (nSPS) is 24.2. The van der Waals surface area contributed by atoms with Gasteiger partial charge in [-0.2, -0.15) is 0 Å². The predicted molar refractivity (Wildman–Crippen MR) is 73.0 cm³/mol. The van der Waals surface area contributed by atoms with E-state index in [4.69, 9.17) is 0 Å². The highest BCUT2D eigenvalue weighted by Crippen LogP contribution is 2.27. The quantitative estimate of drug-likeness (QED) is 0.864. The molecule has 0 spiro atoms. The fourth-order valence-electron chi connectivity index (χ4n) is 2.55. The summed E-state index contributed by atoms with van der Waals surface area (Å²) >= 11 is 0. The lowest BCUT2D eigenvalue weighted by Gasteiger charge is -2.27. The molecule has 2 N–H and O–H groups in total. The van der Waals surface area contributed by atoms with Crippen LogP contribution in [-0.2, 0) is 0 Å². The molecular weight excluding hydrogens is 228 g/mol. The van der Waals surface area contributed by atoms with Gasteiger partial charge in [-0.25, -0.2) is 0 Å². The largest absolute Gasteiger partial charge is 0.393 e. The fraction of sp³-hybridized carbons (Fsp3) is 0.643. The number of aliphatic hydroxyl groups is 1. The molecular formula is C14H22N2O2. The van der Waals surface area contributed by atoms with Gasteiger partial charge in [0, 0.05) is 18.3 Å². The van der Waals surface area contributed by atoms with Gasteiger partial charge in [-0.1, -0.05) is 0 Å². The molecule has 1 aliphatic rings. The van der Waals surface area contributed by atoms with Gasteiger partial charge in [-0.15, -0.1) is 0 Å². The molecule has 4 nitrogen and oxygen atoms in total. The van der Waals surface area contributed by atoms with Crippen LogP contribution in [0.1, 0.15) is 45.6 Å². The monoisotopic (exact) mass is 250 g/mol. The van der Waals surface area contributed by atoms with E-state index in [2.05, 4.69) is 5.32 Å². The summed E-state index contributed by atoms with van der Waals surface area (Å²) in [5.74, 6) is 0. The van der Waals surface area contributed by atoms with Gasteiger partial charge in [0.05, 0.1) is 6.10 Å². The second kappa shape index (κ2) is 5.57. The van der Waals surface area contributed by atoms with Crippen molar-refractivity contribution < 1.29 is 5.11 Å². The van der Waals surface area contributed by atoms with Crippen molar-refractivity contribution in [3.8, 4) is 0 Å². The van der Waals surface area contributed by atoms with Crippen molar-refractivity contribution in [3.63, 3.8) is 0 Å². The molecule has 0 unspecified atom stereocenters. The summed E-state index contributed by atoms with van der Waals surface area (Å²) in [5.41, 5.74) is 0.714. The van der Waals surface area contributed by atoms with Crippen LogP contribution in [0.25, 0.3) is 0 Å². The van der Waals surface area contributed by atoms with E-state index >= 15 is 0 Å². The lowest BCUT2D eigenvalue weighted by molar-refractivity contribution is 0.110. The zero-order chi connectivity index (χ0) is 13.1. The molecule has 0 radical (unpaired) electrons. The number of rotatable bonds is 3. The van der Waals surface area contributed by atoms with Crippen LogP contribution in [0.4, 0.5) is 5.69 Å². The summed E-state index contributed by atoms with van der Waals surface area (Å²) in [6.45, 7) is 4.04. The van der Waals surface area contributed by atoms with Crippen LogP contribution in [0, 0.1) is 0 Å². The Balaban J connectivity index is 2.20. The first-order chi connectivity index (χ1) is 8.58. The molecule has 0 saturated heterocycles. The van der Waals surface area contributed by atoms with Crippen LogP contribution in [0.3, 0.4) is 0 Å². The molecule has 100 valence electrons. The SMILES string of the molecule is CC(C)Nc1cccn(C2CCC(O)CC2)c1=O. The third-order valence-corrected chi connectivity index (χ3v) is 3.48. The maximum absolute atomic E-state index is 12.3. The molecule has 1 aromatic rings. The molecule has 2 rings (SSSR count). The summed E-state index contributed by atoms with van der Waals surface area (Å²) in [6, 6.07) is 4.23. The summed E-state index contributed by atoms with van der Waals surface area (Å²) in [6.07, 6.45) is 5.01. The van der Waals surface area contributed by atoms with Gasteiger partial charge in [0.2, 0.25) is 0 Å². The lowest BCUT2D eigenvalue weighted by Crippen LogP contribution is -2.31. The Hall–Kier alpha value is -1.29. The van der Waals surface area contributed by atoms with Crippen LogP contribution in [0.2, 0.25) is 0 Å². The smallest absolute Gasteiger partial charge is 0.274 e. The summed E-state index contributed by atoms with van der Waals surface area (Å²) in [4.78, 5) is 12.3. The second-order valence-corrected chi connectivity index (χ2v) is 5.40. The first-order valence-corrected chi connectivity index (χ1v) is 6.73. The minimum atomic E-state index is -0.186. The highest BCUT2D eigenvalue weighted by Gasteiger charge is 2.21. The van der Waals surface area contributed by atoms with Crippen molar-refractivity contribution in [1.82, 2.24) is 4.57 Å². The Labute approximate surface area is 108 Å². The van der Waals surface area contributed by atoms with Gasteiger partial charge in [0.15, 0.2) is 0 Å². The molecule has 1 heterocycles. The van der Waals surface area contributed by atoms with Crippen molar-refractivity contribution in [2.45, 2.75) is 57.7 Å². The Kier molecular flexibility index (Phi) is 4.07. The van der Waals surface area contributed by atoms with Crippen molar-refractivity contribution in [3.05, 3.63) is 28.7 Å². The topological polar surface area (TPSA) is 54.3 Å². The molecule has 0 aromatic carbocycles. The van der Waals surface area contributed by atoms with Gasteiger partial charge in [-0.05, 0) is 51.7 Å². The van der Waals surface area contributed by atoms with Crippen LogP contribution in [0.15, 0.2) is 23.1 Å². The molecule has 0 amide bonds. The van der Waals surface area contributed by atoms with E-state index in [0.717, 1.165) is 25.7 Å². The van der Waals surface area contributed by atoms with E-state index in [0.29, 0.717) is 5.69 Å². The number of anilines is 1. The highest BCUT2D eigenvalue weighted by molar-refractivity contribution is 5.41. The Bertz CT molecular complexity index is 445. The van der Waals surface area contributed by atoms with Crippen LogP contribution in [-0.4, -0.2) is 21.8 Å². The van der Waals surface area contributed by atoms with Gasteiger partial charge in [0.25, 0.3) is 5.56 Å². The van der Waals surface area contributed by atoms with Crippen LogP contribution >= 0.6 is 0 Å². The van der Waals surface area contributed by atoms with E-state index in [1.807, 2.05) is 36.7 Å². The average Bonchev–Trinajstić information content (AvgIpc) is 2.33. The molecule has 1 aliphatic carbocycles. The van der Waals surface area contributed by atoms with Crippen molar-refractivity contribution in [2.24, 2.45) is 0 Å². The highest BCUT2D eigenvalue weighted by atomic mass is 16.3. The second-order valence-electron chi connectivity index (χ2n) is 5.40. The van der Waals surface area contributed by atoms with Crippen LogP contribution < -0.4 is 10.9 Å². The molecule has 18 heavy (non-hydrogen) atoms. The number of nitrogens with zero attached hydrogens (tertiary/aromatic N) is 1. The maximum Gasteiger partial charge on any atom is 0.274 e. The first kappa shape index (κ1) is 13.1. The molecule has 0 aliphatic heterocycles. The number of aromatic nitrogens is 1. The third kappa shape index (κ3) is 2.93. The maximum atomic E-state index is 12.3. The van der Waals surface area contributed by atoms with Gasteiger partial charge in [0.1, 0.15) is 5.69 Å². The molecule has 4 heteroatoms. The summed E-state index contributed by atoms with van der Waals surface area (Å²) in [5, 5.41) is 12.7. The van der Waals surface area contributed by atoms with E-state index in [1.54, 1.807) is 0 Å². The van der Waals surface area contributed by atoms with E-state index in [1.165, 1.54) is 0 Å². The van der Waals surface area contributed by atoms with Crippen molar-refractivity contribution in [2.75, 3.05) is 5.32 Å². The Morgan fingerprint density at radius 1 is 1.33 bits per heavy atom. The minimum absolute atomic E-state index is 0.0487. The van der Waals surface area contributed by atoms with Gasteiger partial charge in [-0.3, -0.25) is 4.79 Å². The van der Waals surface area contributed by atoms with E-state index in [-0.39, 0.29) is 23.7 Å². The summed E-state index contributed by atoms with van der Waals surface area (Å²) in [7, 11) is 0. The van der Waals surface area contributed by atoms with E-state index < -0.39 is 0 Å². The number of nitrogens with one attached hydrogen (secondary N) is 1. The number of pyridine rings is 1. The molecule has 1 saturated carbocycles. The first-order valence-electron chi connectivity index (χ1n) is 6.73. The van der Waals surface area contributed by atoms with Gasteiger partial charge < -0.3 is 15.0 Å². The lowest BCUT2D eigenvalue weighted by atomic mass is 9.93. The Morgan fingerprint density at radius 3 is 2.61 bits per heavy atom. The van der Waals surface area contributed by atoms with Crippen molar-refractivity contribution >= 4 is 5.69 Å². The molecule has 1 aromatic heterocycles. The van der Waals surface area contributed by atoms with Crippen LogP contribution in [0.5, 0.6) is 0 Å². The van der Waals surface area contributed by atoms with E-state index in [9.17, 15) is 9.90 Å². The fourth-order valence-corrected chi connectivity index (χ4v) is 2.55. The van der Waals surface area contributed by atoms with Crippen molar-refractivity contribution in [1.29, 1.82) is 0 Å². The third-order valence-electron chi connectivity index (χ3n) is 3.48. The number of hydrogen-bond donors (Lipinski definition) is 2. The Morgan fingerprint density at radius 2 is 2.00 bits per heavy atom.